The quantitative estimate of drug-likeness (QED) is 0.800. The summed E-state index contributed by atoms with van der Waals surface area (Å²) in [5.74, 6) is 1.60. The average molecular weight is 227 g/mol. The maximum atomic E-state index is 6.10. The minimum atomic E-state index is 0.586. The first kappa shape index (κ1) is 10.5. The zero-order valence-corrected chi connectivity index (χ0v) is 9.80. The molecule has 4 nitrogen and oxygen atoms in total. The summed E-state index contributed by atoms with van der Waals surface area (Å²) in [5, 5.41) is 3.74. The topological polar surface area (TPSA) is 41.1 Å². The van der Waals surface area contributed by atoms with Crippen LogP contribution in [-0.2, 0) is 6.42 Å². The van der Waals surface area contributed by atoms with E-state index in [0.717, 1.165) is 37.3 Å². The van der Waals surface area contributed by atoms with E-state index in [4.69, 9.17) is 11.6 Å². The van der Waals surface area contributed by atoms with Crippen molar-refractivity contribution in [3.63, 3.8) is 0 Å². The normalized spacial score (nSPS) is 14.2. The highest BCUT2D eigenvalue weighted by Gasteiger charge is 2.22. The lowest BCUT2D eigenvalue weighted by Gasteiger charge is -2.12. The molecule has 0 saturated heterocycles. The van der Waals surface area contributed by atoms with Gasteiger partial charge in [0.2, 0.25) is 5.95 Å². The van der Waals surface area contributed by atoms with Crippen LogP contribution in [0.25, 0.3) is 0 Å². The second kappa shape index (κ2) is 4.23. The Morgan fingerprint density at radius 3 is 3.00 bits per heavy atom. The number of nitrogens with zero attached hydrogens (tertiary/aromatic N) is 3. The van der Waals surface area contributed by atoms with Crippen molar-refractivity contribution in [3.8, 4) is 0 Å². The Morgan fingerprint density at radius 1 is 1.47 bits per heavy atom. The molecule has 0 spiro atoms. The van der Waals surface area contributed by atoms with Crippen LogP contribution in [0.1, 0.15) is 18.9 Å². The first-order chi connectivity index (χ1) is 7.22. The van der Waals surface area contributed by atoms with Crippen LogP contribution in [-0.4, -0.2) is 30.1 Å². The lowest BCUT2D eigenvalue weighted by Crippen LogP contribution is -2.15. The Morgan fingerprint density at radius 2 is 2.27 bits per heavy atom. The van der Waals surface area contributed by atoms with Gasteiger partial charge in [0.25, 0.3) is 0 Å². The minimum absolute atomic E-state index is 0.586. The van der Waals surface area contributed by atoms with E-state index in [2.05, 4.69) is 27.1 Å². The second-order valence-electron chi connectivity index (χ2n) is 3.74. The van der Waals surface area contributed by atoms with E-state index in [9.17, 15) is 0 Å². The summed E-state index contributed by atoms with van der Waals surface area (Å²) in [4.78, 5) is 10.8. The summed E-state index contributed by atoms with van der Waals surface area (Å²) in [6.45, 7) is 3.95. The summed E-state index contributed by atoms with van der Waals surface area (Å²) < 4.78 is 0. The SMILES string of the molecule is CCCNc1nc(Cl)c2c(n1)N(C)CC2. The maximum absolute atomic E-state index is 6.10. The third-order valence-corrected chi connectivity index (χ3v) is 2.84. The van der Waals surface area contributed by atoms with E-state index in [-0.39, 0.29) is 0 Å². The van der Waals surface area contributed by atoms with Gasteiger partial charge >= 0.3 is 0 Å². The fourth-order valence-electron chi connectivity index (χ4n) is 1.68. The van der Waals surface area contributed by atoms with Crippen LogP contribution in [0.5, 0.6) is 0 Å². The summed E-state index contributed by atoms with van der Waals surface area (Å²) in [6, 6.07) is 0. The molecule has 2 rings (SSSR count). The molecule has 0 bridgehead atoms. The molecule has 15 heavy (non-hydrogen) atoms. The Balaban J connectivity index is 2.29. The second-order valence-corrected chi connectivity index (χ2v) is 4.10. The lowest BCUT2D eigenvalue weighted by molar-refractivity contribution is 0.936. The summed E-state index contributed by atoms with van der Waals surface area (Å²) >= 11 is 6.10. The fourth-order valence-corrected chi connectivity index (χ4v) is 1.94. The number of likely N-dealkylation sites (N-methyl/N-ethyl adjacent to an activating group) is 1. The first-order valence-corrected chi connectivity index (χ1v) is 5.61. The summed E-state index contributed by atoms with van der Waals surface area (Å²) in [5.41, 5.74) is 1.07. The van der Waals surface area contributed by atoms with E-state index >= 15 is 0 Å². The molecule has 0 unspecified atom stereocenters. The lowest BCUT2D eigenvalue weighted by atomic mass is 10.3. The number of hydrogen-bond donors (Lipinski definition) is 1. The van der Waals surface area contributed by atoms with Crippen molar-refractivity contribution in [2.75, 3.05) is 30.4 Å². The van der Waals surface area contributed by atoms with Crippen LogP contribution in [0.2, 0.25) is 5.15 Å². The van der Waals surface area contributed by atoms with E-state index in [1.54, 1.807) is 0 Å². The standard InChI is InChI=1S/C10H15ClN4/c1-3-5-12-10-13-8(11)7-4-6-15(2)9(7)14-10/h3-6H2,1-2H3,(H,12,13,14). The van der Waals surface area contributed by atoms with Gasteiger partial charge < -0.3 is 10.2 Å². The van der Waals surface area contributed by atoms with Crippen molar-refractivity contribution in [1.82, 2.24) is 9.97 Å². The number of halogens is 1. The zero-order chi connectivity index (χ0) is 10.8. The Hall–Kier alpha value is -1.03. The van der Waals surface area contributed by atoms with Crippen molar-refractivity contribution in [1.29, 1.82) is 0 Å². The maximum Gasteiger partial charge on any atom is 0.226 e. The fraction of sp³-hybridized carbons (Fsp3) is 0.600. The van der Waals surface area contributed by atoms with Crippen LogP contribution in [0.3, 0.4) is 0 Å². The molecular weight excluding hydrogens is 212 g/mol. The molecule has 0 fully saturated rings. The van der Waals surface area contributed by atoms with Gasteiger partial charge in [-0.1, -0.05) is 18.5 Å². The van der Waals surface area contributed by atoms with Gasteiger partial charge in [0.05, 0.1) is 0 Å². The third kappa shape index (κ3) is 2.00. The van der Waals surface area contributed by atoms with Crippen molar-refractivity contribution in [3.05, 3.63) is 10.7 Å². The molecule has 0 radical (unpaired) electrons. The molecule has 1 aromatic heterocycles. The molecule has 1 aliphatic rings. The minimum Gasteiger partial charge on any atom is -0.359 e. The molecule has 0 saturated carbocycles. The van der Waals surface area contributed by atoms with Crippen LogP contribution in [0.15, 0.2) is 0 Å². The van der Waals surface area contributed by atoms with Gasteiger partial charge in [-0.25, -0.2) is 4.98 Å². The molecule has 82 valence electrons. The number of anilines is 2. The predicted octanol–water partition coefficient (Wildman–Crippen LogP) is 1.94. The molecule has 2 heterocycles. The Kier molecular flexibility index (Phi) is 2.95. The number of nitrogens with one attached hydrogen (secondary N) is 1. The van der Waals surface area contributed by atoms with Gasteiger partial charge in [0.15, 0.2) is 0 Å². The molecule has 0 atom stereocenters. The van der Waals surface area contributed by atoms with E-state index < -0.39 is 0 Å². The predicted molar refractivity (Wildman–Crippen MR) is 62.8 cm³/mol. The summed E-state index contributed by atoms with van der Waals surface area (Å²) in [6.07, 6.45) is 1.99. The smallest absolute Gasteiger partial charge is 0.226 e. The van der Waals surface area contributed by atoms with Crippen molar-refractivity contribution >= 4 is 23.4 Å². The van der Waals surface area contributed by atoms with Gasteiger partial charge in [-0.3, -0.25) is 0 Å². The average Bonchev–Trinajstić information content (AvgIpc) is 2.58. The van der Waals surface area contributed by atoms with Gasteiger partial charge in [0, 0.05) is 25.7 Å². The van der Waals surface area contributed by atoms with Gasteiger partial charge in [0.1, 0.15) is 11.0 Å². The largest absolute Gasteiger partial charge is 0.359 e. The highest BCUT2D eigenvalue weighted by molar-refractivity contribution is 6.30. The highest BCUT2D eigenvalue weighted by Crippen LogP contribution is 2.30. The molecule has 0 aliphatic carbocycles. The number of aromatic nitrogens is 2. The first-order valence-electron chi connectivity index (χ1n) is 5.23. The van der Waals surface area contributed by atoms with Crippen LogP contribution in [0, 0.1) is 0 Å². The van der Waals surface area contributed by atoms with Gasteiger partial charge in [-0.15, -0.1) is 0 Å². The van der Waals surface area contributed by atoms with Crippen molar-refractivity contribution in [2.24, 2.45) is 0 Å². The number of fused-ring (bicyclic) bond motifs is 1. The molecule has 1 aliphatic heterocycles. The molecule has 0 aromatic carbocycles. The summed E-state index contributed by atoms with van der Waals surface area (Å²) in [7, 11) is 2.03. The van der Waals surface area contributed by atoms with Crippen LogP contribution in [0.4, 0.5) is 11.8 Å². The monoisotopic (exact) mass is 226 g/mol. The van der Waals surface area contributed by atoms with E-state index in [1.165, 1.54) is 0 Å². The zero-order valence-electron chi connectivity index (χ0n) is 9.05. The van der Waals surface area contributed by atoms with Crippen LogP contribution >= 0.6 is 11.6 Å². The molecule has 5 heteroatoms. The van der Waals surface area contributed by atoms with Crippen molar-refractivity contribution < 1.29 is 0 Å². The van der Waals surface area contributed by atoms with Crippen LogP contribution < -0.4 is 10.2 Å². The Labute approximate surface area is 94.7 Å². The Bertz CT molecular complexity index is 367. The third-order valence-electron chi connectivity index (χ3n) is 2.53. The molecule has 0 amide bonds. The van der Waals surface area contributed by atoms with Crippen molar-refractivity contribution in [2.45, 2.75) is 19.8 Å². The molecule has 1 aromatic rings. The van der Waals surface area contributed by atoms with E-state index in [1.807, 2.05) is 7.05 Å². The highest BCUT2D eigenvalue weighted by atomic mass is 35.5. The van der Waals surface area contributed by atoms with Gasteiger partial charge in [-0.2, -0.15) is 4.98 Å². The number of rotatable bonds is 3. The molecular formula is C10H15ClN4. The number of hydrogen-bond acceptors (Lipinski definition) is 4. The molecule has 1 N–H and O–H groups in total. The van der Waals surface area contributed by atoms with Gasteiger partial charge in [-0.05, 0) is 12.8 Å². The van der Waals surface area contributed by atoms with E-state index in [0.29, 0.717) is 11.1 Å².